The summed E-state index contributed by atoms with van der Waals surface area (Å²) in [6, 6.07) is 8.74. The highest BCUT2D eigenvalue weighted by molar-refractivity contribution is 9.10. The van der Waals surface area contributed by atoms with Gasteiger partial charge in [-0.25, -0.2) is 4.39 Å². The molecular weight excluding hydrogens is 353 g/mol. The number of nitrogens with zero attached hydrogens (tertiary/aromatic N) is 1. The monoisotopic (exact) mass is 359 g/mol. The number of halogens is 3. The lowest BCUT2D eigenvalue weighted by molar-refractivity contribution is -0.385. The summed E-state index contributed by atoms with van der Waals surface area (Å²) in [6.45, 7) is -0.0191. The number of benzene rings is 2. The Morgan fingerprint density at radius 1 is 1.35 bits per heavy atom. The molecule has 0 aliphatic carbocycles. The van der Waals surface area contributed by atoms with Gasteiger partial charge in [0.05, 0.1) is 14.4 Å². The van der Waals surface area contributed by atoms with Crippen LogP contribution in [0.1, 0.15) is 5.56 Å². The lowest BCUT2D eigenvalue weighted by Gasteiger charge is -2.09. The molecule has 2 aromatic rings. The Bertz CT molecular complexity index is 646. The van der Waals surface area contributed by atoms with E-state index >= 15 is 0 Å². The zero-order valence-electron chi connectivity index (χ0n) is 9.98. The number of ether oxygens (including phenoxy) is 1. The Kier molecular flexibility index (Phi) is 4.57. The molecule has 7 heteroatoms. The van der Waals surface area contributed by atoms with Gasteiger partial charge in [0, 0.05) is 6.07 Å². The normalized spacial score (nSPS) is 10.3. The van der Waals surface area contributed by atoms with Crippen LogP contribution in [0.25, 0.3) is 0 Å². The first-order valence-corrected chi connectivity index (χ1v) is 6.66. The number of nitro groups is 1. The topological polar surface area (TPSA) is 52.4 Å². The summed E-state index contributed by atoms with van der Waals surface area (Å²) < 4.78 is 19.2. The van der Waals surface area contributed by atoms with Gasteiger partial charge in [-0.1, -0.05) is 23.7 Å². The van der Waals surface area contributed by atoms with Crippen LogP contribution in [0.4, 0.5) is 10.1 Å². The highest BCUT2D eigenvalue weighted by Crippen LogP contribution is 2.29. The molecule has 0 aliphatic heterocycles. The molecule has 0 heterocycles. The van der Waals surface area contributed by atoms with E-state index in [-0.39, 0.29) is 23.1 Å². The van der Waals surface area contributed by atoms with Crippen LogP contribution in [0.15, 0.2) is 40.9 Å². The van der Waals surface area contributed by atoms with Gasteiger partial charge in [-0.3, -0.25) is 10.1 Å². The van der Waals surface area contributed by atoms with E-state index in [1.807, 2.05) is 0 Å². The third-order valence-electron chi connectivity index (χ3n) is 2.51. The summed E-state index contributed by atoms with van der Waals surface area (Å²) in [7, 11) is 0. The van der Waals surface area contributed by atoms with Crippen molar-refractivity contribution in [1.29, 1.82) is 0 Å². The van der Waals surface area contributed by atoms with E-state index in [0.717, 1.165) is 0 Å². The molecule has 20 heavy (non-hydrogen) atoms. The molecule has 0 aliphatic rings. The molecule has 0 unspecified atom stereocenters. The van der Waals surface area contributed by atoms with Crippen molar-refractivity contribution < 1.29 is 14.1 Å². The van der Waals surface area contributed by atoms with E-state index < -0.39 is 10.7 Å². The van der Waals surface area contributed by atoms with Crippen LogP contribution in [0.3, 0.4) is 0 Å². The number of nitro benzene ring substituents is 1. The zero-order chi connectivity index (χ0) is 14.7. The van der Waals surface area contributed by atoms with Gasteiger partial charge < -0.3 is 4.74 Å². The van der Waals surface area contributed by atoms with Gasteiger partial charge in [-0.05, 0) is 39.7 Å². The molecule has 0 bridgehead atoms. The second-order valence-corrected chi connectivity index (χ2v) is 5.14. The van der Waals surface area contributed by atoms with Crippen LogP contribution in [-0.2, 0) is 6.61 Å². The Morgan fingerprint density at radius 2 is 2.10 bits per heavy atom. The predicted molar refractivity (Wildman–Crippen MR) is 76.5 cm³/mol. The first-order valence-electron chi connectivity index (χ1n) is 5.48. The van der Waals surface area contributed by atoms with Crippen LogP contribution in [0.2, 0.25) is 5.02 Å². The van der Waals surface area contributed by atoms with Crippen LogP contribution < -0.4 is 4.74 Å². The Labute approximate surface area is 127 Å². The highest BCUT2D eigenvalue weighted by Gasteiger charge is 2.13. The Morgan fingerprint density at radius 3 is 2.75 bits per heavy atom. The number of para-hydroxylation sites is 1. The molecule has 0 amide bonds. The van der Waals surface area contributed by atoms with Gasteiger partial charge in [0.15, 0.2) is 11.6 Å². The number of hydrogen-bond acceptors (Lipinski definition) is 3. The summed E-state index contributed by atoms with van der Waals surface area (Å²) in [5, 5.41) is 11.0. The molecule has 0 N–H and O–H groups in total. The lowest BCUT2D eigenvalue weighted by atomic mass is 10.2. The molecule has 0 saturated carbocycles. The average molecular weight is 361 g/mol. The molecule has 104 valence electrons. The smallest absolute Gasteiger partial charge is 0.283 e. The van der Waals surface area contributed by atoms with E-state index in [1.54, 1.807) is 12.1 Å². The summed E-state index contributed by atoms with van der Waals surface area (Å²) in [5.74, 6) is -0.649. The first kappa shape index (κ1) is 14.7. The molecule has 2 rings (SSSR count). The molecule has 0 atom stereocenters. The predicted octanol–water partition coefficient (Wildman–Crippen LogP) is 4.73. The third-order valence-corrected chi connectivity index (χ3v) is 3.48. The number of rotatable bonds is 4. The fraction of sp³-hybridized carbons (Fsp3) is 0.0769. The SMILES string of the molecule is O=[N+]([O-])c1cc(COc2c(F)cccc2Cl)ccc1Br. The maximum atomic E-state index is 13.5. The van der Waals surface area contributed by atoms with E-state index in [0.29, 0.717) is 10.0 Å². The average Bonchev–Trinajstić information content (AvgIpc) is 2.39. The Balaban J connectivity index is 2.19. The van der Waals surface area contributed by atoms with E-state index in [1.165, 1.54) is 24.3 Å². The quantitative estimate of drug-likeness (QED) is 0.585. The lowest BCUT2D eigenvalue weighted by Crippen LogP contribution is -1.99. The van der Waals surface area contributed by atoms with Crippen molar-refractivity contribution >= 4 is 33.2 Å². The van der Waals surface area contributed by atoms with Crippen molar-refractivity contribution in [3.63, 3.8) is 0 Å². The van der Waals surface area contributed by atoms with Crippen molar-refractivity contribution in [2.24, 2.45) is 0 Å². The van der Waals surface area contributed by atoms with Gasteiger partial charge in [-0.2, -0.15) is 0 Å². The summed E-state index contributed by atoms with van der Waals surface area (Å²) in [6.07, 6.45) is 0. The molecule has 2 aromatic carbocycles. The van der Waals surface area contributed by atoms with Crippen molar-refractivity contribution in [3.05, 3.63) is 67.4 Å². The second kappa shape index (κ2) is 6.19. The van der Waals surface area contributed by atoms with Crippen molar-refractivity contribution in [3.8, 4) is 5.75 Å². The molecule has 0 saturated heterocycles. The van der Waals surface area contributed by atoms with Gasteiger partial charge in [0.25, 0.3) is 5.69 Å². The van der Waals surface area contributed by atoms with Gasteiger partial charge in [-0.15, -0.1) is 0 Å². The summed E-state index contributed by atoms with van der Waals surface area (Å²) in [4.78, 5) is 10.3. The summed E-state index contributed by atoms with van der Waals surface area (Å²) >= 11 is 8.91. The van der Waals surface area contributed by atoms with Crippen molar-refractivity contribution in [1.82, 2.24) is 0 Å². The van der Waals surface area contributed by atoms with Crippen molar-refractivity contribution in [2.45, 2.75) is 6.61 Å². The maximum absolute atomic E-state index is 13.5. The molecule has 0 fully saturated rings. The zero-order valence-corrected chi connectivity index (χ0v) is 12.3. The molecular formula is C13H8BrClFNO3. The fourth-order valence-electron chi connectivity index (χ4n) is 1.56. The van der Waals surface area contributed by atoms with E-state index in [2.05, 4.69) is 15.9 Å². The molecule has 0 spiro atoms. The highest BCUT2D eigenvalue weighted by atomic mass is 79.9. The van der Waals surface area contributed by atoms with Crippen LogP contribution in [-0.4, -0.2) is 4.92 Å². The minimum atomic E-state index is -0.580. The first-order chi connectivity index (χ1) is 9.49. The molecule has 0 aromatic heterocycles. The van der Waals surface area contributed by atoms with Crippen molar-refractivity contribution in [2.75, 3.05) is 0 Å². The number of hydrogen-bond donors (Lipinski definition) is 0. The fourth-order valence-corrected chi connectivity index (χ4v) is 2.17. The minimum Gasteiger partial charge on any atom is -0.484 e. The van der Waals surface area contributed by atoms with Gasteiger partial charge >= 0.3 is 0 Å². The van der Waals surface area contributed by atoms with Crippen LogP contribution in [0, 0.1) is 15.9 Å². The van der Waals surface area contributed by atoms with Crippen LogP contribution >= 0.6 is 27.5 Å². The maximum Gasteiger partial charge on any atom is 0.283 e. The standard InChI is InChI=1S/C13H8BrClFNO3/c14-9-5-4-8(6-12(9)17(18)19)7-20-13-10(15)2-1-3-11(13)16/h1-6H,7H2. The molecule has 0 radical (unpaired) electrons. The Hall–Kier alpha value is -1.66. The minimum absolute atomic E-state index is 0.0191. The summed E-state index contributed by atoms with van der Waals surface area (Å²) in [5.41, 5.74) is 0.463. The molecule has 4 nitrogen and oxygen atoms in total. The van der Waals surface area contributed by atoms with E-state index in [9.17, 15) is 14.5 Å². The van der Waals surface area contributed by atoms with E-state index in [4.69, 9.17) is 16.3 Å². The second-order valence-electron chi connectivity index (χ2n) is 3.88. The largest absolute Gasteiger partial charge is 0.484 e. The van der Waals surface area contributed by atoms with Gasteiger partial charge in [0.1, 0.15) is 6.61 Å². The third kappa shape index (κ3) is 3.26. The van der Waals surface area contributed by atoms with Crippen LogP contribution in [0.5, 0.6) is 5.75 Å². The van der Waals surface area contributed by atoms with Gasteiger partial charge in [0.2, 0.25) is 0 Å².